The van der Waals surface area contributed by atoms with Crippen LogP contribution in [0.15, 0.2) is 67.1 Å². The fourth-order valence-corrected chi connectivity index (χ4v) is 8.40. The summed E-state index contributed by atoms with van der Waals surface area (Å²) in [5.41, 5.74) is 2.65. The third-order valence-electron chi connectivity index (χ3n) is 11.0. The molecule has 8 rings (SSSR count). The van der Waals surface area contributed by atoms with Crippen LogP contribution in [0.3, 0.4) is 0 Å². The van der Waals surface area contributed by atoms with Crippen LogP contribution in [0.4, 0.5) is 0 Å². The first kappa shape index (κ1) is 33.9. The second-order valence-electron chi connectivity index (χ2n) is 14.5. The molecule has 2 unspecified atom stereocenters. The lowest BCUT2D eigenvalue weighted by Crippen LogP contribution is -2.59. The van der Waals surface area contributed by atoms with E-state index in [1.165, 1.54) is 18.2 Å². The molecule has 2 aromatic carbocycles. The van der Waals surface area contributed by atoms with Gasteiger partial charge in [-0.15, -0.1) is 0 Å². The van der Waals surface area contributed by atoms with Gasteiger partial charge in [-0.3, -0.25) is 49.0 Å². The summed E-state index contributed by atoms with van der Waals surface area (Å²) >= 11 is 0. The normalized spacial score (nSPS) is 23.9. The van der Waals surface area contributed by atoms with Crippen molar-refractivity contribution in [3.8, 4) is 11.5 Å². The molecule has 2 atom stereocenters. The number of aromatic hydroxyl groups is 1. The summed E-state index contributed by atoms with van der Waals surface area (Å²) in [6.45, 7) is 1.55. The van der Waals surface area contributed by atoms with Crippen LogP contribution < -0.4 is 20.7 Å². The zero-order valence-corrected chi connectivity index (χ0v) is 28.8. The first-order valence-corrected chi connectivity index (χ1v) is 17.6. The van der Waals surface area contributed by atoms with Crippen LogP contribution in [0.1, 0.15) is 82.0 Å². The number of amides is 6. The molecule has 6 amide bonds. The number of aryl methyl sites for hydroxylation is 1. The van der Waals surface area contributed by atoms with Crippen molar-refractivity contribution in [1.82, 2.24) is 30.8 Å². The second-order valence-corrected chi connectivity index (χ2v) is 14.5. The minimum absolute atomic E-state index is 0.00555. The number of nitrogens with zero attached hydrogens (tertiary/aromatic N) is 3. The number of imide groups is 2. The maximum atomic E-state index is 13.6. The Bertz CT molecular complexity index is 2210. The lowest BCUT2D eigenvalue weighted by molar-refractivity contribution is -0.141. The third kappa shape index (κ3) is 6.03. The van der Waals surface area contributed by atoms with Crippen LogP contribution in [0.2, 0.25) is 0 Å². The van der Waals surface area contributed by atoms with Gasteiger partial charge in [-0.25, -0.2) is 0 Å². The van der Waals surface area contributed by atoms with Crippen molar-refractivity contribution >= 4 is 46.3 Å². The molecule has 2 saturated carbocycles. The van der Waals surface area contributed by atoms with E-state index in [-0.39, 0.29) is 58.7 Å². The predicted molar refractivity (Wildman–Crippen MR) is 187 cm³/mol. The summed E-state index contributed by atoms with van der Waals surface area (Å²) < 4.78 is 5.72. The maximum Gasteiger partial charge on any atom is 0.266 e. The number of rotatable bonds is 9. The molecule has 14 heteroatoms. The maximum absolute atomic E-state index is 13.6. The van der Waals surface area contributed by atoms with Gasteiger partial charge in [0.25, 0.3) is 17.7 Å². The van der Waals surface area contributed by atoms with Crippen LogP contribution in [0.25, 0.3) is 10.9 Å². The molecule has 2 aliphatic heterocycles. The van der Waals surface area contributed by atoms with Gasteiger partial charge in [0, 0.05) is 47.9 Å². The number of ether oxygens (including phenoxy) is 1. The molecule has 1 spiro atoms. The van der Waals surface area contributed by atoms with Gasteiger partial charge >= 0.3 is 0 Å². The number of piperidine rings is 1. The fraction of sp³-hybridized carbons (Fsp3) is 0.333. The Labute approximate surface area is 303 Å². The smallest absolute Gasteiger partial charge is 0.266 e. The topological polar surface area (TPSA) is 197 Å². The molecule has 0 radical (unpaired) electrons. The summed E-state index contributed by atoms with van der Waals surface area (Å²) in [6, 6.07) is 11.9. The number of fused-ring (bicyclic) bond motifs is 2. The van der Waals surface area contributed by atoms with Crippen molar-refractivity contribution in [3.63, 3.8) is 0 Å². The van der Waals surface area contributed by atoms with E-state index in [2.05, 4.69) is 25.9 Å². The molecule has 270 valence electrons. The van der Waals surface area contributed by atoms with Crippen LogP contribution >= 0.6 is 0 Å². The van der Waals surface area contributed by atoms with Gasteiger partial charge < -0.3 is 20.5 Å². The van der Waals surface area contributed by atoms with E-state index in [1.54, 1.807) is 24.7 Å². The molecule has 4 aromatic rings. The van der Waals surface area contributed by atoms with Crippen molar-refractivity contribution in [2.45, 2.75) is 63.6 Å². The average Bonchev–Trinajstić information content (AvgIpc) is 3.38. The Morgan fingerprint density at radius 3 is 2.58 bits per heavy atom. The van der Waals surface area contributed by atoms with Gasteiger partial charge in [0.1, 0.15) is 23.1 Å². The van der Waals surface area contributed by atoms with Gasteiger partial charge in [-0.1, -0.05) is 18.2 Å². The highest BCUT2D eigenvalue weighted by Crippen LogP contribution is 2.59. The Balaban J connectivity index is 0.856. The van der Waals surface area contributed by atoms with Gasteiger partial charge in [0.05, 0.1) is 17.2 Å². The van der Waals surface area contributed by atoms with E-state index in [1.807, 2.05) is 31.2 Å². The molecule has 4 heterocycles. The summed E-state index contributed by atoms with van der Waals surface area (Å²) in [5.74, 6) is -3.22. The van der Waals surface area contributed by atoms with Crippen LogP contribution in [-0.2, 0) is 19.2 Å². The molecule has 3 fully saturated rings. The minimum atomic E-state index is -1.11. The SMILES string of the molecule is Cc1cc(C(NC(=O)C2CC3(CC(NC(=O)COc4cccc5c4C(=O)N(C4CCC(=O)NC4=O)C5=O)C3)C2)c2cccnc2)c(O)c2ncccc12. The van der Waals surface area contributed by atoms with E-state index in [9.17, 15) is 33.9 Å². The Kier molecular flexibility index (Phi) is 8.39. The minimum Gasteiger partial charge on any atom is -0.505 e. The summed E-state index contributed by atoms with van der Waals surface area (Å²) in [4.78, 5) is 86.4. The summed E-state index contributed by atoms with van der Waals surface area (Å²) in [6.07, 6.45) is 7.74. The van der Waals surface area contributed by atoms with E-state index < -0.39 is 48.2 Å². The molecule has 14 nitrogen and oxygen atoms in total. The zero-order chi connectivity index (χ0) is 37.0. The number of phenolic OH excluding ortho intramolecular Hbond substituents is 1. The largest absolute Gasteiger partial charge is 0.505 e. The zero-order valence-electron chi connectivity index (χ0n) is 28.8. The number of carbonyl (C=O) groups excluding carboxylic acids is 6. The number of pyridine rings is 2. The Morgan fingerprint density at radius 1 is 1.04 bits per heavy atom. The predicted octanol–water partition coefficient (Wildman–Crippen LogP) is 3.00. The monoisotopic (exact) mass is 716 g/mol. The summed E-state index contributed by atoms with van der Waals surface area (Å²) in [7, 11) is 0. The van der Waals surface area contributed by atoms with E-state index in [0.717, 1.165) is 21.4 Å². The molecule has 2 aromatic heterocycles. The van der Waals surface area contributed by atoms with Crippen molar-refractivity contribution < 1.29 is 38.6 Å². The summed E-state index contributed by atoms with van der Waals surface area (Å²) in [5, 5.41) is 20.4. The molecular weight excluding hydrogens is 680 g/mol. The van der Waals surface area contributed by atoms with Crippen molar-refractivity contribution in [2.75, 3.05) is 6.61 Å². The van der Waals surface area contributed by atoms with Gasteiger partial charge in [0.2, 0.25) is 17.7 Å². The van der Waals surface area contributed by atoms with Crippen molar-refractivity contribution in [1.29, 1.82) is 0 Å². The standard InChI is InChI=1S/C39H36N6O8/c1-20-13-26(34(48)33-24(20)7-4-12-41-33)32(21-5-3-11-40-18-21)44-35(49)22-14-39(15-22)16-23(17-39)42-30(47)19-53-28-8-2-6-25-31(28)38(52)45(37(25)51)27-9-10-29(46)43-36(27)50/h2-8,11-13,18,22-23,27,32,48H,9-10,14-17,19H2,1H3,(H,42,47)(H,44,49)(H,43,46,50). The molecule has 4 N–H and O–H groups in total. The third-order valence-corrected chi connectivity index (χ3v) is 11.0. The fourth-order valence-electron chi connectivity index (χ4n) is 8.40. The number of nitrogens with one attached hydrogen (secondary N) is 3. The molecule has 0 bridgehead atoms. The molecule has 4 aliphatic rings. The number of carbonyl (C=O) groups is 6. The van der Waals surface area contributed by atoms with Crippen LogP contribution in [0, 0.1) is 18.3 Å². The first-order valence-electron chi connectivity index (χ1n) is 17.6. The Hall–Kier alpha value is -6.18. The van der Waals surface area contributed by atoms with Gasteiger partial charge in [-0.05, 0) is 85.9 Å². The number of hydrogen-bond donors (Lipinski definition) is 4. The molecule has 53 heavy (non-hydrogen) atoms. The number of hydrogen-bond acceptors (Lipinski definition) is 10. The lowest BCUT2D eigenvalue weighted by Gasteiger charge is -2.57. The van der Waals surface area contributed by atoms with Crippen LogP contribution in [0.5, 0.6) is 11.5 Å². The van der Waals surface area contributed by atoms with Gasteiger partial charge in [-0.2, -0.15) is 0 Å². The quantitative estimate of drug-likeness (QED) is 0.187. The number of benzene rings is 2. The highest BCUT2D eigenvalue weighted by molar-refractivity contribution is 6.24. The lowest BCUT2D eigenvalue weighted by atomic mass is 9.50. The molecule has 1 saturated heterocycles. The second kappa shape index (κ2) is 13.1. The van der Waals surface area contributed by atoms with E-state index in [4.69, 9.17) is 4.74 Å². The van der Waals surface area contributed by atoms with Crippen molar-refractivity contribution in [2.24, 2.45) is 11.3 Å². The number of phenols is 1. The number of aromatic nitrogens is 2. The van der Waals surface area contributed by atoms with Crippen LogP contribution in [-0.4, -0.2) is 74.1 Å². The Morgan fingerprint density at radius 2 is 1.83 bits per heavy atom. The first-order chi connectivity index (χ1) is 25.5. The van der Waals surface area contributed by atoms with E-state index >= 15 is 0 Å². The highest BCUT2D eigenvalue weighted by atomic mass is 16.5. The van der Waals surface area contributed by atoms with E-state index in [0.29, 0.717) is 36.8 Å². The highest BCUT2D eigenvalue weighted by Gasteiger charge is 2.55. The molecule has 2 aliphatic carbocycles. The average molecular weight is 717 g/mol. The van der Waals surface area contributed by atoms with Crippen molar-refractivity contribution in [3.05, 3.63) is 94.9 Å². The molecular formula is C39H36N6O8. The van der Waals surface area contributed by atoms with Gasteiger partial charge in [0.15, 0.2) is 6.61 Å².